The molecule has 0 spiro atoms. The lowest BCUT2D eigenvalue weighted by atomic mass is 9.92. The van der Waals surface area contributed by atoms with E-state index in [0.29, 0.717) is 5.56 Å². The predicted octanol–water partition coefficient (Wildman–Crippen LogP) is 4.53. The van der Waals surface area contributed by atoms with Gasteiger partial charge in [-0.05, 0) is 34.5 Å². The molecule has 3 rings (SSSR count). The van der Waals surface area contributed by atoms with Crippen molar-refractivity contribution < 1.29 is 9.90 Å². The molecule has 23 heavy (non-hydrogen) atoms. The van der Waals surface area contributed by atoms with Crippen molar-refractivity contribution in [2.75, 3.05) is 0 Å². The number of phenolic OH excluding ortho intramolecular Hbond substituents is 1. The first-order chi connectivity index (χ1) is 11.1. The minimum atomic E-state index is -0.420. The molecule has 0 saturated carbocycles. The van der Waals surface area contributed by atoms with Crippen LogP contribution in [0.15, 0.2) is 65.1 Å². The molecule has 0 radical (unpaired) electrons. The van der Waals surface area contributed by atoms with E-state index in [9.17, 15) is 9.90 Å². The van der Waals surface area contributed by atoms with Crippen LogP contribution in [0, 0.1) is 0 Å². The van der Waals surface area contributed by atoms with Crippen molar-refractivity contribution in [1.82, 2.24) is 5.32 Å². The Kier molecular flexibility index (Phi) is 4.35. The minimum Gasteiger partial charge on any atom is -0.508 e. The molecule has 4 heteroatoms. The van der Waals surface area contributed by atoms with E-state index in [1.165, 1.54) is 6.92 Å². The number of halogens is 1. The van der Waals surface area contributed by atoms with E-state index in [0.717, 1.165) is 20.8 Å². The van der Waals surface area contributed by atoms with E-state index in [-0.39, 0.29) is 11.7 Å². The lowest BCUT2D eigenvalue weighted by Gasteiger charge is -2.22. The van der Waals surface area contributed by atoms with Crippen molar-refractivity contribution in [3.05, 3.63) is 76.3 Å². The van der Waals surface area contributed by atoms with E-state index in [1.54, 1.807) is 6.07 Å². The zero-order valence-electron chi connectivity index (χ0n) is 12.6. The van der Waals surface area contributed by atoms with E-state index >= 15 is 0 Å². The molecule has 0 aliphatic heterocycles. The van der Waals surface area contributed by atoms with Crippen molar-refractivity contribution in [3.63, 3.8) is 0 Å². The highest BCUT2D eigenvalue weighted by molar-refractivity contribution is 9.10. The average molecular weight is 370 g/mol. The Morgan fingerprint density at radius 3 is 2.61 bits per heavy atom. The second-order valence-electron chi connectivity index (χ2n) is 5.41. The first-order valence-electron chi connectivity index (χ1n) is 7.29. The number of nitrogens with one attached hydrogen (secondary N) is 1. The van der Waals surface area contributed by atoms with Crippen LogP contribution in [0.3, 0.4) is 0 Å². The van der Waals surface area contributed by atoms with Gasteiger partial charge in [0.25, 0.3) is 0 Å². The van der Waals surface area contributed by atoms with Crippen LogP contribution in [0.4, 0.5) is 0 Å². The third-order valence-corrected chi connectivity index (χ3v) is 4.26. The third kappa shape index (κ3) is 3.22. The van der Waals surface area contributed by atoms with Crippen LogP contribution < -0.4 is 5.32 Å². The van der Waals surface area contributed by atoms with Crippen molar-refractivity contribution in [1.29, 1.82) is 0 Å². The van der Waals surface area contributed by atoms with Crippen LogP contribution in [-0.2, 0) is 4.79 Å². The topological polar surface area (TPSA) is 49.3 Å². The molecule has 3 aromatic carbocycles. The van der Waals surface area contributed by atoms with Crippen LogP contribution >= 0.6 is 15.9 Å². The van der Waals surface area contributed by atoms with Gasteiger partial charge in [-0.2, -0.15) is 0 Å². The number of benzene rings is 3. The molecular weight excluding hydrogens is 354 g/mol. The smallest absolute Gasteiger partial charge is 0.217 e. The Hall–Kier alpha value is -2.33. The van der Waals surface area contributed by atoms with Gasteiger partial charge in [-0.1, -0.05) is 58.4 Å². The molecule has 116 valence electrons. The van der Waals surface area contributed by atoms with Crippen molar-refractivity contribution in [2.45, 2.75) is 13.0 Å². The Labute approximate surface area is 143 Å². The van der Waals surface area contributed by atoms with Crippen LogP contribution in [-0.4, -0.2) is 11.0 Å². The maximum atomic E-state index is 11.7. The highest BCUT2D eigenvalue weighted by atomic mass is 79.9. The number of phenols is 1. The Bertz CT molecular complexity index is 876. The molecule has 1 atom stereocenters. The van der Waals surface area contributed by atoms with Gasteiger partial charge >= 0.3 is 0 Å². The quantitative estimate of drug-likeness (QED) is 0.712. The summed E-state index contributed by atoms with van der Waals surface area (Å²) >= 11 is 3.46. The lowest BCUT2D eigenvalue weighted by molar-refractivity contribution is -0.119. The monoisotopic (exact) mass is 369 g/mol. The molecule has 1 unspecified atom stereocenters. The fraction of sp³-hybridized carbons (Fsp3) is 0.105. The lowest BCUT2D eigenvalue weighted by Crippen LogP contribution is -2.27. The summed E-state index contributed by atoms with van der Waals surface area (Å²) in [5, 5.41) is 15.4. The maximum absolute atomic E-state index is 11.7. The van der Waals surface area contributed by atoms with Crippen LogP contribution in [0.25, 0.3) is 10.8 Å². The first kappa shape index (κ1) is 15.6. The SMILES string of the molecule is CC(=O)NC(c1cccc(Br)c1)c1c(O)ccc2ccccc12. The van der Waals surface area contributed by atoms with Gasteiger partial charge in [0.15, 0.2) is 0 Å². The normalized spacial score (nSPS) is 12.1. The van der Waals surface area contributed by atoms with E-state index < -0.39 is 6.04 Å². The van der Waals surface area contributed by atoms with Crippen molar-refractivity contribution in [3.8, 4) is 5.75 Å². The molecule has 0 aliphatic carbocycles. The molecule has 1 amide bonds. The standard InChI is InChI=1S/C19H16BrNO2/c1-12(22)21-19(14-6-4-7-15(20)11-14)18-16-8-3-2-5-13(16)9-10-17(18)23/h2-11,19,23H,1H3,(H,21,22). The second-order valence-corrected chi connectivity index (χ2v) is 6.32. The Morgan fingerprint density at radius 2 is 1.87 bits per heavy atom. The highest BCUT2D eigenvalue weighted by Gasteiger charge is 2.21. The summed E-state index contributed by atoms with van der Waals surface area (Å²) in [6.07, 6.45) is 0. The van der Waals surface area contributed by atoms with Crippen LogP contribution in [0.1, 0.15) is 24.1 Å². The predicted molar refractivity (Wildman–Crippen MR) is 95.4 cm³/mol. The molecule has 2 N–H and O–H groups in total. The zero-order valence-corrected chi connectivity index (χ0v) is 14.2. The number of amides is 1. The number of aromatic hydroxyl groups is 1. The molecule has 3 nitrogen and oxygen atoms in total. The van der Waals surface area contributed by atoms with Crippen LogP contribution in [0.5, 0.6) is 5.75 Å². The number of fused-ring (bicyclic) bond motifs is 1. The molecule has 0 heterocycles. The van der Waals surface area contributed by atoms with Gasteiger partial charge in [0.05, 0.1) is 6.04 Å². The summed E-state index contributed by atoms with van der Waals surface area (Å²) < 4.78 is 0.921. The molecule has 3 aromatic rings. The summed E-state index contributed by atoms with van der Waals surface area (Å²) in [5.41, 5.74) is 1.61. The molecule has 0 aromatic heterocycles. The number of carbonyl (C=O) groups is 1. The minimum absolute atomic E-state index is 0.151. The van der Waals surface area contributed by atoms with Crippen molar-refractivity contribution >= 4 is 32.6 Å². The van der Waals surface area contributed by atoms with E-state index in [2.05, 4.69) is 21.2 Å². The van der Waals surface area contributed by atoms with Gasteiger partial charge in [-0.15, -0.1) is 0 Å². The molecule has 0 bridgehead atoms. The van der Waals surface area contributed by atoms with Gasteiger partial charge in [-0.25, -0.2) is 0 Å². The Morgan fingerprint density at radius 1 is 1.09 bits per heavy atom. The fourth-order valence-electron chi connectivity index (χ4n) is 2.80. The molecule has 0 saturated heterocycles. The van der Waals surface area contributed by atoms with Gasteiger partial charge in [0.1, 0.15) is 5.75 Å². The summed E-state index contributed by atoms with van der Waals surface area (Å²) in [4.78, 5) is 11.7. The van der Waals surface area contributed by atoms with Crippen LogP contribution in [0.2, 0.25) is 0 Å². The summed E-state index contributed by atoms with van der Waals surface area (Å²) in [6, 6.07) is 18.7. The first-order valence-corrected chi connectivity index (χ1v) is 8.09. The van der Waals surface area contributed by atoms with Gasteiger partial charge in [0.2, 0.25) is 5.91 Å². The van der Waals surface area contributed by atoms with E-state index in [4.69, 9.17) is 0 Å². The second kappa shape index (κ2) is 6.42. The average Bonchev–Trinajstić information content (AvgIpc) is 2.53. The van der Waals surface area contributed by atoms with Gasteiger partial charge < -0.3 is 10.4 Å². The van der Waals surface area contributed by atoms with Crippen molar-refractivity contribution in [2.24, 2.45) is 0 Å². The Balaban J connectivity index is 2.25. The van der Waals surface area contributed by atoms with Gasteiger partial charge in [0, 0.05) is 17.0 Å². The van der Waals surface area contributed by atoms with Gasteiger partial charge in [-0.3, -0.25) is 4.79 Å². The summed E-state index contributed by atoms with van der Waals surface area (Å²) in [7, 11) is 0. The number of rotatable bonds is 3. The van der Waals surface area contributed by atoms with E-state index in [1.807, 2.05) is 54.6 Å². The summed E-state index contributed by atoms with van der Waals surface area (Å²) in [5.74, 6) is 0.0183. The third-order valence-electron chi connectivity index (χ3n) is 3.77. The number of carbonyl (C=O) groups excluding carboxylic acids is 1. The maximum Gasteiger partial charge on any atom is 0.217 e. The number of hydrogen-bond donors (Lipinski definition) is 2. The largest absolute Gasteiger partial charge is 0.508 e. The summed E-state index contributed by atoms with van der Waals surface area (Å²) in [6.45, 7) is 1.48. The molecule has 0 aliphatic rings. The zero-order chi connectivity index (χ0) is 16.4. The fourth-order valence-corrected chi connectivity index (χ4v) is 3.22. The molecule has 0 fully saturated rings. The highest BCUT2D eigenvalue weighted by Crippen LogP contribution is 2.36. The number of hydrogen-bond acceptors (Lipinski definition) is 2. The molecular formula is C19H16BrNO2.